The van der Waals surface area contributed by atoms with Gasteiger partial charge in [0.15, 0.2) is 0 Å². The van der Waals surface area contributed by atoms with Gasteiger partial charge in [0, 0.05) is 25.3 Å². The maximum atomic E-state index is 12.6. The summed E-state index contributed by atoms with van der Waals surface area (Å²) in [4.78, 5) is 20.3. The zero-order valence-electron chi connectivity index (χ0n) is 15.7. The quantitative estimate of drug-likeness (QED) is 0.883. The Kier molecular flexibility index (Phi) is 5.11. The number of nitrogens with one attached hydrogen (secondary N) is 1. The zero-order chi connectivity index (χ0) is 17.9. The van der Waals surface area contributed by atoms with Crippen LogP contribution in [0.5, 0.6) is 0 Å². The molecule has 0 aliphatic carbocycles. The van der Waals surface area contributed by atoms with E-state index in [2.05, 4.69) is 41.1 Å². The number of hydrogen-bond donors (Lipinski definition) is 1. The highest BCUT2D eigenvalue weighted by molar-refractivity contribution is 5.94. The number of piperidine rings is 1. The molecule has 1 aromatic carbocycles. The highest BCUT2D eigenvalue weighted by Gasteiger charge is 2.21. The SMILES string of the molecule is CC(c1ccc(-c2c[nH]c(C(=O)N3CCCCC3)c2)cc1)N1CCCC1. The number of aromatic nitrogens is 1. The Hall–Kier alpha value is -2.07. The first kappa shape index (κ1) is 17.3. The van der Waals surface area contributed by atoms with Crippen molar-refractivity contribution in [3.05, 3.63) is 47.8 Å². The first-order valence-corrected chi connectivity index (χ1v) is 10.0. The number of nitrogens with zero attached hydrogens (tertiary/aromatic N) is 2. The molecule has 26 heavy (non-hydrogen) atoms. The van der Waals surface area contributed by atoms with Crippen LogP contribution in [0.25, 0.3) is 11.1 Å². The van der Waals surface area contributed by atoms with Crippen LogP contribution in [0, 0.1) is 0 Å². The lowest BCUT2D eigenvalue weighted by atomic mass is 10.0. The van der Waals surface area contributed by atoms with Crippen LogP contribution in [0.3, 0.4) is 0 Å². The maximum absolute atomic E-state index is 12.6. The summed E-state index contributed by atoms with van der Waals surface area (Å²) in [5, 5.41) is 0. The number of rotatable bonds is 4. The molecule has 138 valence electrons. The van der Waals surface area contributed by atoms with Crippen LogP contribution in [-0.2, 0) is 0 Å². The molecular formula is C22H29N3O. The molecule has 2 fully saturated rings. The number of amides is 1. The van der Waals surface area contributed by atoms with Crippen molar-refractivity contribution in [3.8, 4) is 11.1 Å². The van der Waals surface area contributed by atoms with Gasteiger partial charge >= 0.3 is 0 Å². The smallest absolute Gasteiger partial charge is 0.270 e. The van der Waals surface area contributed by atoms with Crippen LogP contribution in [0.2, 0.25) is 0 Å². The lowest BCUT2D eigenvalue weighted by molar-refractivity contribution is 0.0719. The highest BCUT2D eigenvalue weighted by atomic mass is 16.2. The molecule has 1 N–H and O–H groups in total. The molecule has 0 saturated carbocycles. The average molecular weight is 351 g/mol. The van der Waals surface area contributed by atoms with Crippen LogP contribution in [0.15, 0.2) is 36.5 Å². The fraction of sp³-hybridized carbons (Fsp3) is 0.500. The van der Waals surface area contributed by atoms with Crippen molar-refractivity contribution in [2.75, 3.05) is 26.2 Å². The molecular weight excluding hydrogens is 322 g/mol. The molecule has 0 spiro atoms. The lowest BCUT2D eigenvalue weighted by Gasteiger charge is -2.26. The molecule has 4 nitrogen and oxygen atoms in total. The zero-order valence-corrected chi connectivity index (χ0v) is 15.7. The Morgan fingerprint density at radius 1 is 0.923 bits per heavy atom. The second-order valence-electron chi connectivity index (χ2n) is 7.70. The second kappa shape index (κ2) is 7.67. The third-order valence-electron chi connectivity index (χ3n) is 5.97. The summed E-state index contributed by atoms with van der Waals surface area (Å²) in [6, 6.07) is 11.3. The molecule has 2 aromatic rings. The molecule has 1 aromatic heterocycles. The molecule has 0 radical (unpaired) electrons. The molecule has 1 unspecified atom stereocenters. The van der Waals surface area contributed by atoms with Crippen molar-refractivity contribution >= 4 is 5.91 Å². The molecule has 4 rings (SSSR count). The lowest BCUT2D eigenvalue weighted by Crippen LogP contribution is -2.35. The fourth-order valence-corrected chi connectivity index (χ4v) is 4.25. The summed E-state index contributed by atoms with van der Waals surface area (Å²) in [7, 11) is 0. The third-order valence-corrected chi connectivity index (χ3v) is 5.97. The van der Waals surface area contributed by atoms with Crippen molar-refractivity contribution in [2.24, 2.45) is 0 Å². The van der Waals surface area contributed by atoms with Crippen molar-refractivity contribution < 1.29 is 4.79 Å². The van der Waals surface area contributed by atoms with Crippen LogP contribution in [0.4, 0.5) is 0 Å². The number of hydrogen-bond acceptors (Lipinski definition) is 2. The van der Waals surface area contributed by atoms with Gasteiger partial charge in [-0.15, -0.1) is 0 Å². The van der Waals surface area contributed by atoms with Gasteiger partial charge in [-0.2, -0.15) is 0 Å². The summed E-state index contributed by atoms with van der Waals surface area (Å²) in [6.45, 7) is 6.49. The minimum atomic E-state index is 0.134. The van der Waals surface area contributed by atoms with E-state index in [1.807, 2.05) is 17.2 Å². The first-order valence-electron chi connectivity index (χ1n) is 10.0. The van der Waals surface area contributed by atoms with Crippen LogP contribution in [-0.4, -0.2) is 46.9 Å². The van der Waals surface area contributed by atoms with Crippen LogP contribution >= 0.6 is 0 Å². The minimum absolute atomic E-state index is 0.134. The number of carbonyl (C=O) groups excluding carboxylic acids is 1. The Balaban J connectivity index is 1.46. The summed E-state index contributed by atoms with van der Waals surface area (Å²) in [5.74, 6) is 0.134. The van der Waals surface area contributed by atoms with Crippen LogP contribution in [0.1, 0.15) is 61.1 Å². The first-order chi connectivity index (χ1) is 12.7. The Labute approximate surface area is 156 Å². The summed E-state index contributed by atoms with van der Waals surface area (Å²) in [5.41, 5.74) is 4.33. The van der Waals surface area contributed by atoms with E-state index in [1.54, 1.807) is 0 Å². The van der Waals surface area contributed by atoms with Crippen molar-refractivity contribution in [1.82, 2.24) is 14.8 Å². The number of H-pyrrole nitrogens is 1. The standard InChI is InChI=1S/C22H29N3O/c1-17(24-11-5-6-12-24)18-7-9-19(10-8-18)20-15-21(23-16-20)22(26)25-13-3-2-4-14-25/h7-10,15-17,23H,2-6,11-14H2,1H3. The molecule has 1 amide bonds. The molecule has 2 saturated heterocycles. The number of likely N-dealkylation sites (tertiary alicyclic amines) is 2. The number of aromatic amines is 1. The van der Waals surface area contributed by atoms with Gasteiger partial charge in [-0.3, -0.25) is 9.69 Å². The molecule has 1 atom stereocenters. The normalized spacial score (nSPS) is 19.7. The Morgan fingerprint density at radius 2 is 1.58 bits per heavy atom. The molecule has 2 aliphatic rings. The number of benzene rings is 1. The van der Waals surface area contributed by atoms with Gasteiger partial charge in [0.25, 0.3) is 5.91 Å². The van der Waals surface area contributed by atoms with Gasteiger partial charge in [0.05, 0.1) is 0 Å². The summed E-state index contributed by atoms with van der Waals surface area (Å²) in [6.07, 6.45) is 8.07. The largest absolute Gasteiger partial charge is 0.357 e. The Morgan fingerprint density at radius 3 is 2.27 bits per heavy atom. The van der Waals surface area contributed by atoms with Crippen molar-refractivity contribution in [2.45, 2.75) is 45.1 Å². The third kappa shape index (κ3) is 3.56. The molecule has 3 heterocycles. The summed E-state index contributed by atoms with van der Waals surface area (Å²) < 4.78 is 0. The maximum Gasteiger partial charge on any atom is 0.270 e. The van der Waals surface area contributed by atoms with E-state index in [0.717, 1.165) is 37.1 Å². The highest BCUT2D eigenvalue weighted by Crippen LogP contribution is 2.27. The predicted molar refractivity (Wildman–Crippen MR) is 105 cm³/mol. The number of carbonyl (C=O) groups is 1. The van der Waals surface area contributed by atoms with E-state index in [-0.39, 0.29) is 5.91 Å². The van der Waals surface area contributed by atoms with E-state index < -0.39 is 0 Å². The monoisotopic (exact) mass is 351 g/mol. The van der Waals surface area contributed by atoms with E-state index in [9.17, 15) is 4.79 Å². The van der Waals surface area contributed by atoms with Gasteiger partial charge in [0.1, 0.15) is 5.69 Å². The van der Waals surface area contributed by atoms with E-state index in [0.29, 0.717) is 11.7 Å². The minimum Gasteiger partial charge on any atom is -0.357 e. The van der Waals surface area contributed by atoms with E-state index >= 15 is 0 Å². The van der Waals surface area contributed by atoms with E-state index in [4.69, 9.17) is 0 Å². The van der Waals surface area contributed by atoms with Gasteiger partial charge in [-0.25, -0.2) is 0 Å². The Bertz CT molecular complexity index is 737. The summed E-state index contributed by atoms with van der Waals surface area (Å²) >= 11 is 0. The van der Waals surface area contributed by atoms with Crippen molar-refractivity contribution in [1.29, 1.82) is 0 Å². The molecule has 2 aliphatic heterocycles. The van der Waals surface area contributed by atoms with Gasteiger partial charge in [-0.1, -0.05) is 24.3 Å². The average Bonchev–Trinajstić information content (AvgIpc) is 3.40. The van der Waals surface area contributed by atoms with Gasteiger partial charge < -0.3 is 9.88 Å². The van der Waals surface area contributed by atoms with Crippen molar-refractivity contribution in [3.63, 3.8) is 0 Å². The van der Waals surface area contributed by atoms with E-state index in [1.165, 1.54) is 37.9 Å². The topological polar surface area (TPSA) is 39.3 Å². The van der Waals surface area contributed by atoms with Crippen LogP contribution < -0.4 is 0 Å². The van der Waals surface area contributed by atoms with Gasteiger partial charge in [0.2, 0.25) is 0 Å². The molecule has 4 heteroatoms. The second-order valence-corrected chi connectivity index (χ2v) is 7.70. The fourth-order valence-electron chi connectivity index (χ4n) is 4.25. The predicted octanol–water partition coefficient (Wildman–Crippen LogP) is 4.46. The molecule has 0 bridgehead atoms. The van der Waals surface area contributed by atoms with Gasteiger partial charge in [-0.05, 0) is 74.9 Å².